The van der Waals surface area contributed by atoms with Crippen LogP contribution in [0.25, 0.3) is 0 Å². The Morgan fingerprint density at radius 1 is 1.38 bits per heavy atom. The van der Waals surface area contributed by atoms with Crippen LogP contribution in [0.2, 0.25) is 0 Å². The number of aryl methyl sites for hydroxylation is 1. The molecular formula is C11H15N3O2. The highest BCUT2D eigenvalue weighted by Crippen LogP contribution is 2.12. The lowest BCUT2D eigenvalue weighted by Crippen LogP contribution is -2.28. The summed E-state index contributed by atoms with van der Waals surface area (Å²) >= 11 is 0. The Hall–Kier alpha value is -2.04. The van der Waals surface area contributed by atoms with Crippen molar-refractivity contribution in [3.05, 3.63) is 29.3 Å². The third kappa shape index (κ3) is 3.27. The highest BCUT2D eigenvalue weighted by Gasteiger charge is 2.08. The van der Waals surface area contributed by atoms with Crippen molar-refractivity contribution in [1.82, 2.24) is 5.32 Å². The third-order valence-electron chi connectivity index (χ3n) is 2.15. The van der Waals surface area contributed by atoms with Crippen molar-refractivity contribution in [3.63, 3.8) is 0 Å². The zero-order valence-corrected chi connectivity index (χ0v) is 9.12. The van der Waals surface area contributed by atoms with Gasteiger partial charge in [0.25, 0.3) is 5.91 Å². The summed E-state index contributed by atoms with van der Waals surface area (Å²) in [7, 11) is 0. The summed E-state index contributed by atoms with van der Waals surface area (Å²) in [5.74, 6) is -0.659. The molecule has 0 radical (unpaired) electrons. The van der Waals surface area contributed by atoms with Crippen LogP contribution >= 0.6 is 0 Å². The second-order valence-corrected chi connectivity index (χ2v) is 3.55. The zero-order chi connectivity index (χ0) is 12.1. The summed E-state index contributed by atoms with van der Waals surface area (Å²) < 4.78 is 0. The number of benzene rings is 1. The lowest BCUT2D eigenvalue weighted by molar-refractivity contribution is -0.117. The number of nitrogens with two attached hydrogens (primary N) is 2. The fraction of sp³-hybridized carbons (Fsp3) is 0.273. The van der Waals surface area contributed by atoms with Crippen LogP contribution in [-0.2, 0) is 4.79 Å². The molecule has 0 unspecified atom stereocenters. The molecule has 0 saturated heterocycles. The van der Waals surface area contributed by atoms with Crippen LogP contribution < -0.4 is 16.8 Å². The molecule has 16 heavy (non-hydrogen) atoms. The van der Waals surface area contributed by atoms with Crippen LogP contribution in [0, 0.1) is 6.92 Å². The van der Waals surface area contributed by atoms with Gasteiger partial charge in [-0.15, -0.1) is 0 Å². The van der Waals surface area contributed by atoms with E-state index in [2.05, 4.69) is 5.32 Å². The molecule has 1 rings (SSSR count). The molecule has 2 amide bonds. The van der Waals surface area contributed by atoms with Crippen molar-refractivity contribution >= 4 is 17.5 Å². The van der Waals surface area contributed by atoms with E-state index in [9.17, 15) is 9.59 Å². The lowest BCUT2D eigenvalue weighted by atomic mass is 10.1. The van der Waals surface area contributed by atoms with Gasteiger partial charge in [0.15, 0.2) is 0 Å². The molecule has 0 aliphatic rings. The van der Waals surface area contributed by atoms with E-state index in [0.29, 0.717) is 11.3 Å². The highest BCUT2D eigenvalue weighted by molar-refractivity contribution is 5.96. The molecule has 1 aromatic rings. The van der Waals surface area contributed by atoms with E-state index in [1.807, 2.05) is 0 Å². The molecule has 1 aromatic carbocycles. The van der Waals surface area contributed by atoms with Gasteiger partial charge in [-0.05, 0) is 30.7 Å². The average molecular weight is 221 g/mol. The van der Waals surface area contributed by atoms with Gasteiger partial charge in [-0.3, -0.25) is 9.59 Å². The standard InChI is InChI=1S/C11H15N3O2/c1-7-6-8(12)2-3-9(7)11(16)14-5-4-10(13)15/h2-3,6H,4-5,12H2,1H3,(H2,13,15)(H,14,16). The van der Waals surface area contributed by atoms with Gasteiger partial charge in [-0.1, -0.05) is 0 Å². The van der Waals surface area contributed by atoms with Crippen LogP contribution in [0.15, 0.2) is 18.2 Å². The number of primary amides is 1. The Morgan fingerprint density at radius 3 is 2.62 bits per heavy atom. The first-order chi connectivity index (χ1) is 7.50. The Kier molecular flexibility index (Phi) is 3.88. The fourth-order valence-corrected chi connectivity index (χ4v) is 1.34. The summed E-state index contributed by atoms with van der Waals surface area (Å²) in [6, 6.07) is 5.04. The minimum absolute atomic E-state index is 0.139. The maximum absolute atomic E-state index is 11.7. The third-order valence-corrected chi connectivity index (χ3v) is 2.15. The van der Waals surface area contributed by atoms with Crippen LogP contribution in [0.1, 0.15) is 22.3 Å². The first-order valence-electron chi connectivity index (χ1n) is 4.93. The maximum atomic E-state index is 11.7. The summed E-state index contributed by atoms with van der Waals surface area (Å²) in [5.41, 5.74) is 12.5. The number of anilines is 1. The quantitative estimate of drug-likeness (QED) is 0.632. The van der Waals surface area contributed by atoms with E-state index in [0.717, 1.165) is 5.56 Å². The largest absolute Gasteiger partial charge is 0.399 e. The maximum Gasteiger partial charge on any atom is 0.251 e. The van der Waals surface area contributed by atoms with Crippen molar-refractivity contribution in [2.75, 3.05) is 12.3 Å². The van der Waals surface area contributed by atoms with Gasteiger partial charge in [0.05, 0.1) is 0 Å². The van der Waals surface area contributed by atoms with Crippen LogP contribution in [0.4, 0.5) is 5.69 Å². The minimum Gasteiger partial charge on any atom is -0.399 e. The molecule has 0 aliphatic heterocycles. The van der Waals surface area contributed by atoms with E-state index < -0.39 is 5.91 Å². The molecule has 0 fully saturated rings. The first-order valence-corrected chi connectivity index (χ1v) is 4.93. The second-order valence-electron chi connectivity index (χ2n) is 3.55. The topological polar surface area (TPSA) is 98.2 Å². The van der Waals surface area contributed by atoms with Gasteiger partial charge in [-0.2, -0.15) is 0 Å². The monoisotopic (exact) mass is 221 g/mol. The van der Waals surface area contributed by atoms with Gasteiger partial charge in [-0.25, -0.2) is 0 Å². The molecule has 0 bridgehead atoms. The number of nitrogens with one attached hydrogen (secondary N) is 1. The van der Waals surface area contributed by atoms with E-state index in [4.69, 9.17) is 11.5 Å². The Morgan fingerprint density at radius 2 is 2.06 bits per heavy atom. The number of carbonyl (C=O) groups is 2. The van der Waals surface area contributed by atoms with Gasteiger partial charge in [0.2, 0.25) is 5.91 Å². The van der Waals surface area contributed by atoms with Crippen LogP contribution in [0.5, 0.6) is 0 Å². The van der Waals surface area contributed by atoms with Gasteiger partial charge in [0.1, 0.15) is 0 Å². The smallest absolute Gasteiger partial charge is 0.251 e. The summed E-state index contributed by atoms with van der Waals surface area (Å²) in [6.45, 7) is 2.05. The van der Waals surface area contributed by atoms with Crippen molar-refractivity contribution in [1.29, 1.82) is 0 Å². The molecule has 5 heteroatoms. The normalized spacial score (nSPS) is 9.81. The Bertz CT molecular complexity index is 416. The number of rotatable bonds is 4. The molecule has 5 nitrogen and oxygen atoms in total. The second kappa shape index (κ2) is 5.16. The van der Waals surface area contributed by atoms with Crippen molar-refractivity contribution in [2.24, 2.45) is 5.73 Å². The molecule has 0 heterocycles. The zero-order valence-electron chi connectivity index (χ0n) is 9.12. The summed E-state index contributed by atoms with van der Waals surface area (Å²) in [5, 5.41) is 2.61. The molecule has 86 valence electrons. The van der Waals surface area contributed by atoms with Gasteiger partial charge < -0.3 is 16.8 Å². The lowest BCUT2D eigenvalue weighted by Gasteiger charge is -2.07. The van der Waals surface area contributed by atoms with Crippen molar-refractivity contribution < 1.29 is 9.59 Å². The molecule has 0 aliphatic carbocycles. The fourth-order valence-electron chi connectivity index (χ4n) is 1.34. The first kappa shape index (κ1) is 12.0. The molecule has 5 N–H and O–H groups in total. The molecule has 0 aromatic heterocycles. The van der Waals surface area contributed by atoms with Crippen LogP contribution in [-0.4, -0.2) is 18.4 Å². The minimum atomic E-state index is -0.436. The molecule has 0 spiro atoms. The van der Waals surface area contributed by atoms with E-state index >= 15 is 0 Å². The van der Waals surface area contributed by atoms with E-state index in [-0.39, 0.29) is 18.9 Å². The number of carbonyl (C=O) groups excluding carboxylic acids is 2. The number of amides is 2. The highest BCUT2D eigenvalue weighted by atomic mass is 16.2. The molecular weight excluding hydrogens is 206 g/mol. The Labute approximate surface area is 93.8 Å². The molecule has 0 atom stereocenters. The van der Waals surface area contributed by atoms with Gasteiger partial charge in [0, 0.05) is 24.2 Å². The predicted octanol–water partition coefficient (Wildman–Crippen LogP) is 0.182. The van der Waals surface area contributed by atoms with E-state index in [1.54, 1.807) is 25.1 Å². The SMILES string of the molecule is Cc1cc(N)ccc1C(=O)NCCC(N)=O. The molecule has 0 saturated carbocycles. The summed E-state index contributed by atoms with van der Waals surface area (Å²) in [4.78, 5) is 22.1. The summed E-state index contributed by atoms with van der Waals surface area (Å²) in [6.07, 6.45) is 0.139. The number of nitrogen functional groups attached to an aromatic ring is 1. The van der Waals surface area contributed by atoms with Crippen molar-refractivity contribution in [2.45, 2.75) is 13.3 Å². The predicted molar refractivity (Wildman–Crippen MR) is 61.7 cm³/mol. The number of hydrogen-bond donors (Lipinski definition) is 3. The van der Waals surface area contributed by atoms with Crippen LogP contribution in [0.3, 0.4) is 0 Å². The number of hydrogen-bond acceptors (Lipinski definition) is 3. The Balaban J connectivity index is 2.63. The van der Waals surface area contributed by atoms with E-state index in [1.165, 1.54) is 0 Å². The van der Waals surface area contributed by atoms with Gasteiger partial charge >= 0.3 is 0 Å². The van der Waals surface area contributed by atoms with Crippen molar-refractivity contribution in [3.8, 4) is 0 Å². The average Bonchev–Trinajstić information content (AvgIpc) is 2.16.